The summed E-state index contributed by atoms with van der Waals surface area (Å²) in [5.74, 6) is -0.170. The summed E-state index contributed by atoms with van der Waals surface area (Å²) in [5, 5.41) is 25.6. The quantitative estimate of drug-likeness (QED) is 0.0863. The van der Waals surface area contributed by atoms with E-state index in [0.717, 1.165) is 57.1 Å². The molecular weight excluding hydrogens is 562 g/mol. The molecule has 2 amide bonds. The van der Waals surface area contributed by atoms with Crippen LogP contribution in [0.25, 0.3) is 0 Å². The van der Waals surface area contributed by atoms with Gasteiger partial charge in [0.15, 0.2) is 0 Å². The Kier molecular flexibility index (Phi) is 16.1. The molecule has 0 aromatic heterocycles. The van der Waals surface area contributed by atoms with Crippen molar-refractivity contribution in [3.8, 4) is 5.75 Å². The minimum absolute atomic E-state index is 0.0674. The molecule has 0 saturated carbocycles. The van der Waals surface area contributed by atoms with Gasteiger partial charge in [-0.2, -0.15) is 0 Å². The van der Waals surface area contributed by atoms with E-state index in [0.29, 0.717) is 43.2 Å². The highest BCUT2D eigenvalue weighted by Crippen LogP contribution is 2.24. The summed E-state index contributed by atoms with van der Waals surface area (Å²) >= 11 is 0. The van der Waals surface area contributed by atoms with E-state index in [9.17, 15) is 28.2 Å². The number of carbonyl (C=O) groups is 2. The summed E-state index contributed by atoms with van der Waals surface area (Å²) in [5.41, 5.74) is 1.99. The number of urea groups is 1. The molecule has 42 heavy (non-hydrogen) atoms. The predicted octanol–water partition coefficient (Wildman–Crippen LogP) is 3.33. The van der Waals surface area contributed by atoms with Crippen LogP contribution in [0.1, 0.15) is 75.2 Å². The van der Waals surface area contributed by atoms with Gasteiger partial charge in [0.25, 0.3) is 10.0 Å². The number of sulfonamides is 1. The van der Waals surface area contributed by atoms with Gasteiger partial charge in [-0.1, -0.05) is 31.0 Å². The van der Waals surface area contributed by atoms with Gasteiger partial charge in [0, 0.05) is 38.8 Å². The first-order chi connectivity index (χ1) is 20.2. The standard InChI is InChI=1S/C30H45N3O8S/c1-3-32-30(37)33-42(38,39)27-13-10-12-24(19-27)11-6-9-18-40-17-8-5-4-7-16-31-21-28(36)25-14-15-29(41-23(2)35)26(20-25)22-34/h10,12-15,19-20,28,31,34,36H,3-9,11,16-18,21-22H2,1-2H3,(H2,32,33,37)/t28-/m0/s1. The third-order valence-electron chi connectivity index (χ3n) is 6.40. The number of aliphatic hydroxyl groups excluding tert-OH is 2. The summed E-state index contributed by atoms with van der Waals surface area (Å²) in [6, 6.07) is 10.8. The molecule has 0 aliphatic carbocycles. The van der Waals surface area contributed by atoms with Crippen molar-refractivity contribution in [2.75, 3.05) is 32.8 Å². The van der Waals surface area contributed by atoms with Crippen molar-refractivity contribution in [1.82, 2.24) is 15.4 Å². The van der Waals surface area contributed by atoms with Gasteiger partial charge in [-0.15, -0.1) is 0 Å². The first kappa shape index (κ1) is 35.2. The topological polar surface area (TPSA) is 163 Å². The summed E-state index contributed by atoms with van der Waals surface area (Å²) < 4.78 is 37.5. The molecule has 5 N–H and O–H groups in total. The molecule has 2 aromatic carbocycles. The fraction of sp³-hybridized carbons (Fsp3) is 0.533. The number of nitrogens with one attached hydrogen (secondary N) is 3. The Balaban J connectivity index is 1.51. The molecule has 2 rings (SSSR count). The number of esters is 1. The molecule has 0 spiro atoms. The zero-order valence-electron chi connectivity index (χ0n) is 24.6. The lowest BCUT2D eigenvalue weighted by Crippen LogP contribution is -2.39. The largest absolute Gasteiger partial charge is 0.426 e. The second-order valence-electron chi connectivity index (χ2n) is 9.93. The first-order valence-electron chi connectivity index (χ1n) is 14.4. The van der Waals surface area contributed by atoms with Crippen molar-refractivity contribution in [1.29, 1.82) is 0 Å². The Morgan fingerprint density at radius 3 is 2.43 bits per heavy atom. The van der Waals surface area contributed by atoms with E-state index in [2.05, 4.69) is 10.6 Å². The van der Waals surface area contributed by atoms with Gasteiger partial charge in [-0.05, 0) is 81.0 Å². The number of benzene rings is 2. The number of carbonyl (C=O) groups excluding carboxylic acids is 2. The average Bonchev–Trinajstić information content (AvgIpc) is 2.95. The molecule has 0 bridgehead atoms. The van der Waals surface area contributed by atoms with Crippen LogP contribution in [0.3, 0.4) is 0 Å². The first-order valence-corrected chi connectivity index (χ1v) is 15.9. The minimum Gasteiger partial charge on any atom is -0.426 e. The number of ether oxygens (including phenoxy) is 2. The molecule has 234 valence electrons. The molecule has 1 atom stereocenters. The van der Waals surface area contributed by atoms with E-state index in [1.54, 1.807) is 37.3 Å². The van der Waals surface area contributed by atoms with Crippen molar-refractivity contribution < 1.29 is 37.7 Å². The Morgan fingerprint density at radius 2 is 1.71 bits per heavy atom. The van der Waals surface area contributed by atoms with Crippen molar-refractivity contribution in [3.05, 3.63) is 59.2 Å². The Morgan fingerprint density at radius 1 is 0.976 bits per heavy atom. The lowest BCUT2D eigenvalue weighted by atomic mass is 10.1. The lowest BCUT2D eigenvalue weighted by molar-refractivity contribution is -0.131. The van der Waals surface area contributed by atoms with E-state index < -0.39 is 28.1 Å². The Hall–Kier alpha value is -3.03. The fourth-order valence-electron chi connectivity index (χ4n) is 4.23. The number of amides is 2. The van der Waals surface area contributed by atoms with Crippen LogP contribution in [0.15, 0.2) is 47.4 Å². The lowest BCUT2D eigenvalue weighted by Gasteiger charge is -2.15. The highest BCUT2D eigenvalue weighted by atomic mass is 32.2. The zero-order valence-corrected chi connectivity index (χ0v) is 25.4. The van der Waals surface area contributed by atoms with Crippen LogP contribution in [0.2, 0.25) is 0 Å². The summed E-state index contributed by atoms with van der Waals surface area (Å²) in [4.78, 5) is 22.8. The average molecular weight is 608 g/mol. The van der Waals surface area contributed by atoms with Gasteiger partial charge in [0.1, 0.15) is 5.75 Å². The van der Waals surface area contributed by atoms with Crippen LogP contribution < -0.4 is 20.1 Å². The molecule has 0 aliphatic rings. The minimum atomic E-state index is -3.90. The maximum absolute atomic E-state index is 12.4. The number of unbranched alkanes of at least 4 members (excludes halogenated alkanes) is 4. The molecule has 0 saturated heterocycles. The number of rotatable bonds is 20. The van der Waals surface area contributed by atoms with Gasteiger partial charge in [0.05, 0.1) is 17.6 Å². The Labute approximate surface area is 249 Å². The summed E-state index contributed by atoms with van der Waals surface area (Å²) in [6.07, 6.45) is 5.77. The fourth-order valence-corrected chi connectivity index (χ4v) is 5.23. The highest BCUT2D eigenvalue weighted by molar-refractivity contribution is 7.90. The molecule has 0 radical (unpaired) electrons. The number of hydrogen-bond donors (Lipinski definition) is 5. The number of hydrogen-bond acceptors (Lipinski definition) is 9. The maximum atomic E-state index is 12.4. The molecule has 0 aliphatic heterocycles. The smallest absolute Gasteiger partial charge is 0.328 e. The predicted molar refractivity (Wildman–Crippen MR) is 160 cm³/mol. The van der Waals surface area contributed by atoms with E-state index in [1.165, 1.54) is 13.0 Å². The van der Waals surface area contributed by atoms with Crippen molar-refractivity contribution >= 4 is 22.0 Å². The summed E-state index contributed by atoms with van der Waals surface area (Å²) in [7, 11) is -3.90. The zero-order chi connectivity index (χ0) is 30.8. The van der Waals surface area contributed by atoms with E-state index >= 15 is 0 Å². The molecule has 0 unspecified atom stereocenters. The molecule has 12 heteroatoms. The number of aryl methyl sites for hydroxylation is 1. The van der Waals surface area contributed by atoms with Crippen LogP contribution in [0, 0.1) is 0 Å². The van der Waals surface area contributed by atoms with Crippen molar-refractivity contribution in [3.63, 3.8) is 0 Å². The molecule has 2 aromatic rings. The third-order valence-corrected chi connectivity index (χ3v) is 7.73. The van der Waals surface area contributed by atoms with Gasteiger partial charge in [0.2, 0.25) is 0 Å². The van der Waals surface area contributed by atoms with E-state index in [-0.39, 0.29) is 11.5 Å². The van der Waals surface area contributed by atoms with Gasteiger partial charge in [-0.25, -0.2) is 17.9 Å². The molecular formula is C30H45N3O8S. The van der Waals surface area contributed by atoms with Crippen LogP contribution in [0.5, 0.6) is 5.75 Å². The van der Waals surface area contributed by atoms with Gasteiger partial charge >= 0.3 is 12.0 Å². The third kappa shape index (κ3) is 13.3. The second kappa shape index (κ2) is 19.2. The highest BCUT2D eigenvalue weighted by Gasteiger charge is 2.17. The molecule has 11 nitrogen and oxygen atoms in total. The number of aliphatic hydroxyl groups is 2. The van der Waals surface area contributed by atoms with Crippen molar-refractivity contribution in [2.45, 2.75) is 76.4 Å². The molecule has 0 fully saturated rings. The molecule has 0 heterocycles. The Bertz CT molecular complexity index is 1220. The summed E-state index contributed by atoms with van der Waals surface area (Å²) in [6.45, 7) is 5.56. The monoisotopic (exact) mass is 607 g/mol. The second-order valence-corrected chi connectivity index (χ2v) is 11.6. The van der Waals surface area contributed by atoms with E-state index in [1.807, 2.05) is 10.8 Å². The van der Waals surface area contributed by atoms with Crippen molar-refractivity contribution in [2.24, 2.45) is 0 Å². The maximum Gasteiger partial charge on any atom is 0.328 e. The van der Waals surface area contributed by atoms with Gasteiger partial charge in [-0.3, -0.25) is 4.79 Å². The van der Waals surface area contributed by atoms with Crippen LogP contribution >= 0.6 is 0 Å². The van der Waals surface area contributed by atoms with Crippen LogP contribution in [-0.2, 0) is 32.6 Å². The van der Waals surface area contributed by atoms with Gasteiger partial charge < -0.3 is 30.3 Å². The van der Waals surface area contributed by atoms with Crippen LogP contribution in [-0.4, -0.2) is 63.5 Å². The SMILES string of the molecule is CCNC(=O)NS(=O)(=O)c1cccc(CCCCOCCCCCCNC[C@H](O)c2ccc(OC(C)=O)c(CO)c2)c1. The van der Waals surface area contributed by atoms with E-state index in [4.69, 9.17) is 9.47 Å². The van der Waals surface area contributed by atoms with Crippen LogP contribution in [0.4, 0.5) is 4.79 Å². The normalized spacial score (nSPS) is 12.1.